The fraction of sp³-hybridized carbons (Fsp3) is 0.529. The molecule has 0 bridgehead atoms. The molecule has 2 rings (SSSR count). The molecule has 1 N–H and O–H groups in total. The number of aliphatic carboxylic acids is 1. The standard InChI is InChI=1S/C17H22N2O2/c1-12-9-15(7-6-13(12)10-18)19-8-4-5-14(11-19)17(2,3)16(20)21/h6-7,9,14H,4-5,8,11H2,1-3H3,(H,20,21). The van der Waals surface area contributed by atoms with Crippen molar-refractivity contribution in [2.45, 2.75) is 33.6 Å². The van der Waals surface area contributed by atoms with Gasteiger partial charge in [0.15, 0.2) is 0 Å². The second kappa shape index (κ2) is 5.77. The van der Waals surface area contributed by atoms with E-state index in [4.69, 9.17) is 5.26 Å². The largest absolute Gasteiger partial charge is 0.481 e. The Labute approximate surface area is 126 Å². The van der Waals surface area contributed by atoms with E-state index in [1.54, 1.807) is 0 Å². The third-order valence-electron chi connectivity index (χ3n) is 4.69. The summed E-state index contributed by atoms with van der Waals surface area (Å²) < 4.78 is 0. The summed E-state index contributed by atoms with van der Waals surface area (Å²) in [5, 5.41) is 18.4. The molecule has 0 radical (unpaired) electrons. The molecule has 112 valence electrons. The zero-order valence-electron chi connectivity index (χ0n) is 12.9. The molecule has 0 spiro atoms. The van der Waals surface area contributed by atoms with Gasteiger partial charge in [0.25, 0.3) is 0 Å². The van der Waals surface area contributed by atoms with Crippen molar-refractivity contribution in [3.8, 4) is 6.07 Å². The lowest BCUT2D eigenvalue weighted by atomic mass is 9.74. The van der Waals surface area contributed by atoms with Gasteiger partial charge in [0.05, 0.1) is 17.0 Å². The highest BCUT2D eigenvalue weighted by atomic mass is 16.4. The number of nitriles is 1. The van der Waals surface area contributed by atoms with E-state index in [0.29, 0.717) is 5.56 Å². The summed E-state index contributed by atoms with van der Waals surface area (Å²) in [7, 11) is 0. The molecule has 0 saturated carbocycles. The van der Waals surface area contributed by atoms with Gasteiger partial charge < -0.3 is 10.0 Å². The molecule has 0 aromatic heterocycles. The molecule has 1 aliphatic heterocycles. The Morgan fingerprint density at radius 3 is 2.76 bits per heavy atom. The van der Waals surface area contributed by atoms with E-state index in [9.17, 15) is 9.90 Å². The summed E-state index contributed by atoms with van der Waals surface area (Å²) in [4.78, 5) is 13.7. The number of anilines is 1. The van der Waals surface area contributed by atoms with Gasteiger partial charge in [-0.15, -0.1) is 0 Å². The molecule has 21 heavy (non-hydrogen) atoms. The highest BCUT2D eigenvalue weighted by molar-refractivity contribution is 5.74. The van der Waals surface area contributed by atoms with E-state index >= 15 is 0 Å². The monoisotopic (exact) mass is 286 g/mol. The van der Waals surface area contributed by atoms with Crippen LogP contribution in [0.5, 0.6) is 0 Å². The van der Waals surface area contributed by atoms with Crippen molar-refractivity contribution in [2.24, 2.45) is 11.3 Å². The second-order valence-corrected chi connectivity index (χ2v) is 6.42. The quantitative estimate of drug-likeness (QED) is 0.926. The third kappa shape index (κ3) is 3.02. The first-order valence-corrected chi connectivity index (χ1v) is 7.35. The van der Waals surface area contributed by atoms with Crippen LogP contribution in [0.1, 0.15) is 37.8 Å². The fourth-order valence-electron chi connectivity index (χ4n) is 2.95. The Hall–Kier alpha value is -2.02. The van der Waals surface area contributed by atoms with Gasteiger partial charge in [0, 0.05) is 18.8 Å². The molecule has 0 amide bonds. The van der Waals surface area contributed by atoms with Crippen LogP contribution < -0.4 is 4.90 Å². The number of carboxylic acids is 1. The first kappa shape index (κ1) is 15.4. The summed E-state index contributed by atoms with van der Waals surface area (Å²) in [5.74, 6) is -0.593. The first-order chi connectivity index (χ1) is 9.86. The van der Waals surface area contributed by atoms with E-state index in [0.717, 1.165) is 37.2 Å². The second-order valence-electron chi connectivity index (χ2n) is 6.42. The number of hydrogen-bond donors (Lipinski definition) is 1. The number of carbonyl (C=O) groups is 1. The molecule has 4 nitrogen and oxygen atoms in total. The Balaban J connectivity index is 2.20. The lowest BCUT2D eigenvalue weighted by Gasteiger charge is -2.40. The number of aryl methyl sites for hydroxylation is 1. The molecule has 1 fully saturated rings. The number of benzene rings is 1. The minimum absolute atomic E-state index is 0.139. The SMILES string of the molecule is Cc1cc(N2CCCC(C(C)(C)C(=O)O)C2)ccc1C#N. The fourth-order valence-corrected chi connectivity index (χ4v) is 2.95. The zero-order valence-corrected chi connectivity index (χ0v) is 12.9. The van der Waals surface area contributed by atoms with E-state index in [1.165, 1.54) is 0 Å². The lowest BCUT2D eigenvalue weighted by molar-refractivity contribution is -0.150. The predicted molar refractivity (Wildman–Crippen MR) is 82.2 cm³/mol. The van der Waals surface area contributed by atoms with Crippen molar-refractivity contribution >= 4 is 11.7 Å². The average Bonchev–Trinajstić information content (AvgIpc) is 2.47. The molecule has 1 heterocycles. The summed E-state index contributed by atoms with van der Waals surface area (Å²) >= 11 is 0. The first-order valence-electron chi connectivity index (χ1n) is 7.35. The smallest absolute Gasteiger partial charge is 0.309 e. The normalized spacial score (nSPS) is 19.1. The van der Waals surface area contributed by atoms with Crippen molar-refractivity contribution in [1.82, 2.24) is 0 Å². The van der Waals surface area contributed by atoms with Crippen molar-refractivity contribution in [3.63, 3.8) is 0 Å². The summed E-state index contributed by atoms with van der Waals surface area (Å²) in [6.07, 6.45) is 1.95. The number of carboxylic acid groups (broad SMARTS) is 1. The maximum absolute atomic E-state index is 11.4. The van der Waals surface area contributed by atoms with Gasteiger partial charge in [-0.1, -0.05) is 0 Å². The van der Waals surface area contributed by atoms with Crippen molar-refractivity contribution in [1.29, 1.82) is 5.26 Å². The molecule has 1 atom stereocenters. The van der Waals surface area contributed by atoms with Crippen LogP contribution in [0, 0.1) is 29.6 Å². The van der Waals surface area contributed by atoms with Crippen LogP contribution in [-0.2, 0) is 4.79 Å². The topological polar surface area (TPSA) is 64.3 Å². The lowest BCUT2D eigenvalue weighted by Crippen LogP contribution is -2.44. The van der Waals surface area contributed by atoms with Gasteiger partial charge in [0.2, 0.25) is 0 Å². The predicted octanol–water partition coefficient (Wildman–Crippen LogP) is 3.19. The molecule has 4 heteroatoms. The molecular weight excluding hydrogens is 264 g/mol. The third-order valence-corrected chi connectivity index (χ3v) is 4.69. The Kier molecular flexibility index (Phi) is 4.22. The van der Waals surface area contributed by atoms with Crippen LogP contribution >= 0.6 is 0 Å². The maximum atomic E-state index is 11.4. The summed E-state index contributed by atoms with van der Waals surface area (Å²) in [6.45, 7) is 7.26. The van der Waals surface area contributed by atoms with E-state index in [-0.39, 0.29) is 5.92 Å². The van der Waals surface area contributed by atoms with Crippen LogP contribution in [0.4, 0.5) is 5.69 Å². The Morgan fingerprint density at radius 2 is 2.19 bits per heavy atom. The molecular formula is C17H22N2O2. The van der Waals surface area contributed by atoms with Crippen LogP contribution in [0.2, 0.25) is 0 Å². The van der Waals surface area contributed by atoms with Crippen molar-refractivity contribution < 1.29 is 9.90 Å². The molecule has 1 saturated heterocycles. The van der Waals surface area contributed by atoms with Crippen molar-refractivity contribution in [2.75, 3.05) is 18.0 Å². The van der Waals surface area contributed by atoms with Gasteiger partial charge in [-0.2, -0.15) is 5.26 Å². The van der Waals surface area contributed by atoms with E-state index in [1.807, 2.05) is 39.0 Å². The highest BCUT2D eigenvalue weighted by Gasteiger charge is 2.39. The highest BCUT2D eigenvalue weighted by Crippen LogP contribution is 2.36. The van der Waals surface area contributed by atoms with Gasteiger partial charge >= 0.3 is 5.97 Å². The number of nitrogens with zero attached hydrogens (tertiary/aromatic N) is 2. The van der Waals surface area contributed by atoms with Crippen LogP contribution in [0.15, 0.2) is 18.2 Å². The molecule has 0 aliphatic carbocycles. The summed E-state index contributed by atoms with van der Waals surface area (Å²) in [6, 6.07) is 8.00. The van der Waals surface area contributed by atoms with Gasteiger partial charge in [-0.3, -0.25) is 4.79 Å². The molecule has 1 unspecified atom stereocenters. The van der Waals surface area contributed by atoms with Crippen LogP contribution in [0.3, 0.4) is 0 Å². The van der Waals surface area contributed by atoms with Crippen molar-refractivity contribution in [3.05, 3.63) is 29.3 Å². The molecule has 1 aliphatic rings. The summed E-state index contributed by atoms with van der Waals surface area (Å²) in [5.41, 5.74) is 2.03. The number of rotatable bonds is 3. The zero-order chi connectivity index (χ0) is 15.6. The number of hydrogen-bond acceptors (Lipinski definition) is 3. The minimum Gasteiger partial charge on any atom is -0.481 e. The minimum atomic E-state index is -0.731. The van der Waals surface area contributed by atoms with E-state index < -0.39 is 11.4 Å². The van der Waals surface area contributed by atoms with Crippen LogP contribution in [-0.4, -0.2) is 24.2 Å². The Morgan fingerprint density at radius 1 is 1.48 bits per heavy atom. The average molecular weight is 286 g/mol. The number of piperidine rings is 1. The van der Waals surface area contributed by atoms with Gasteiger partial charge in [-0.05, 0) is 63.3 Å². The Bertz CT molecular complexity index is 587. The van der Waals surface area contributed by atoms with Gasteiger partial charge in [0.1, 0.15) is 0 Å². The van der Waals surface area contributed by atoms with Crippen LogP contribution in [0.25, 0.3) is 0 Å². The molecule has 1 aromatic rings. The van der Waals surface area contributed by atoms with E-state index in [2.05, 4.69) is 11.0 Å². The van der Waals surface area contributed by atoms with Gasteiger partial charge in [-0.25, -0.2) is 0 Å². The molecule has 1 aromatic carbocycles. The maximum Gasteiger partial charge on any atom is 0.309 e.